The molecule has 0 heterocycles. The standard InChI is InChI=1S/2C18H30O3S.Na/c2*1-2-3-4-5-6-7-8-9-10-14-17-21-22(19,20)18-15-12-11-13-16-18;/h2*11-13,15-16H,2-10,14,17H2,1H3;. The molecule has 0 aliphatic carbocycles. The van der Waals surface area contributed by atoms with Crippen molar-refractivity contribution in [2.45, 2.75) is 152 Å². The van der Waals surface area contributed by atoms with Gasteiger partial charge in [-0.2, -0.15) is 16.8 Å². The van der Waals surface area contributed by atoms with Crippen molar-refractivity contribution in [3.63, 3.8) is 0 Å². The van der Waals surface area contributed by atoms with Crippen LogP contribution in [0.4, 0.5) is 0 Å². The van der Waals surface area contributed by atoms with Crippen molar-refractivity contribution in [1.29, 1.82) is 0 Å². The van der Waals surface area contributed by atoms with Crippen molar-refractivity contribution < 1.29 is 25.2 Å². The smallest absolute Gasteiger partial charge is 0.266 e. The summed E-state index contributed by atoms with van der Waals surface area (Å²) in [6.45, 7) is 5.04. The minimum absolute atomic E-state index is 0. The van der Waals surface area contributed by atoms with E-state index in [1.54, 1.807) is 60.7 Å². The van der Waals surface area contributed by atoms with E-state index >= 15 is 0 Å². The first-order valence-electron chi connectivity index (χ1n) is 17.2. The van der Waals surface area contributed by atoms with Crippen LogP contribution in [0.2, 0.25) is 0 Å². The van der Waals surface area contributed by atoms with Crippen LogP contribution in [0.25, 0.3) is 0 Å². The van der Waals surface area contributed by atoms with Crippen molar-refractivity contribution in [3.05, 3.63) is 60.7 Å². The van der Waals surface area contributed by atoms with Gasteiger partial charge >= 0.3 is 0 Å². The maximum atomic E-state index is 11.9. The van der Waals surface area contributed by atoms with Gasteiger partial charge < -0.3 is 0 Å². The molecule has 0 bridgehead atoms. The van der Waals surface area contributed by atoms with E-state index < -0.39 is 20.2 Å². The number of hydrogen-bond donors (Lipinski definition) is 0. The Kier molecular flexibility index (Phi) is 28.9. The molecule has 2 aromatic carbocycles. The molecule has 2 rings (SSSR count). The summed E-state index contributed by atoms with van der Waals surface area (Å²) in [4.78, 5) is 0.476. The van der Waals surface area contributed by atoms with Gasteiger partial charge in [-0.15, -0.1) is 0 Å². The maximum absolute atomic E-state index is 11.9. The van der Waals surface area contributed by atoms with Crippen molar-refractivity contribution in [3.8, 4) is 0 Å². The molecule has 1 radical (unpaired) electrons. The zero-order chi connectivity index (χ0) is 32.2. The summed E-state index contributed by atoms with van der Waals surface area (Å²) < 4.78 is 57.6. The molecule has 45 heavy (non-hydrogen) atoms. The van der Waals surface area contributed by atoms with Crippen LogP contribution in [0.15, 0.2) is 70.5 Å². The third-order valence-corrected chi connectivity index (χ3v) is 10.2. The van der Waals surface area contributed by atoms with Crippen LogP contribution in [0.1, 0.15) is 142 Å². The second-order valence-electron chi connectivity index (χ2n) is 11.5. The Balaban J connectivity index is 0.000000842. The molecule has 0 aromatic heterocycles. The number of benzene rings is 2. The minimum atomic E-state index is -3.57. The molecule has 0 unspecified atom stereocenters. The molecule has 0 atom stereocenters. The summed E-state index contributed by atoms with van der Waals surface area (Å²) in [6, 6.07) is 16.7. The Morgan fingerprint density at radius 3 is 0.911 bits per heavy atom. The monoisotopic (exact) mass is 675 g/mol. The van der Waals surface area contributed by atoms with E-state index in [2.05, 4.69) is 13.8 Å². The van der Waals surface area contributed by atoms with E-state index in [-0.39, 0.29) is 52.6 Å². The molecule has 9 heteroatoms. The normalized spacial score (nSPS) is 11.4. The molecule has 0 N–H and O–H groups in total. The molecule has 0 aliphatic heterocycles. The van der Waals surface area contributed by atoms with Crippen molar-refractivity contribution in [2.75, 3.05) is 13.2 Å². The Morgan fingerprint density at radius 2 is 0.644 bits per heavy atom. The average Bonchev–Trinajstić information content (AvgIpc) is 3.03. The summed E-state index contributed by atoms with van der Waals surface area (Å²) in [5, 5.41) is 0. The maximum Gasteiger partial charge on any atom is 0.296 e. The van der Waals surface area contributed by atoms with Gasteiger partial charge in [-0.1, -0.05) is 166 Å². The summed E-state index contributed by atoms with van der Waals surface area (Å²) in [7, 11) is -7.14. The van der Waals surface area contributed by atoms with Crippen LogP contribution in [-0.2, 0) is 28.6 Å². The van der Waals surface area contributed by atoms with Crippen LogP contribution < -0.4 is 0 Å². The van der Waals surface area contributed by atoms with Gasteiger partial charge in [-0.25, -0.2) is 0 Å². The Bertz CT molecular complexity index is 1040. The fourth-order valence-corrected chi connectivity index (χ4v) is 6.75. The first-order valence-corrected chi connectivity index (χ1v) is 20.0. The van der Waals surface area contributed by atoms with Gasteiger partial charge in [-0.05, 0) is 37.1 Å². The van der Waals surface area contributed by atoms with Crippen molar-refractivity contribution in [2.24, 2.45) is 0 Å². The van der Waals surface area contributed by atoms with Gasteiger partial charge in [0.15, 0.2) is 0 Å². The molecular formula is C36H60NaO6S2. The summed E-state index contributed by atoms with van der Waals surface area (Å²) in [5.74, 6) is 0. The van der Waals surface area contributed by atoms with Crippen molar-refractivity contribution in [1.82, 2.24) is 0 Å². The van der Waals surface area contributed by atoms with Gasteiger partial charge in [0, 0.05) is 29.6 Å². The average molecular weight is 676 g/mol. The number of hydrogen-bond acceptors (Lipinski definition) is 6. The van der Waals surface area contributed by atoms with Crippen LogP contribution in [0, 0.1) is 0 Å². The van der Waals surface area contributed by atoms with Gasteiger partial charge in [-0.3, -0.25) is 8.37 Å². The second-order valence-corrected chi connectivity index (χ2v) is 14.8. The molecule has 253 valence electrons. The van der Waals surface area contributed by atoms with Gasteiger partial charge in [0.25, 0.3) is 20.2 Å². The van der Waals surface area contributed by atoms with Gasteiger partial charge in [0.05, 0.1) is 23.0 Å². The van der Waals surface area contributed by atoms with Gasteiger partial charge in [0.2, 0.25) is 0 Å². The van der Waals surface area contributed by atoms with Crippen LogP contribution in [0.3, 0.4) is 0 Å². The number of unbranched alkanes of at least 4 members (excludes halogenated alkanes) is 18. The fraction of sp³-hybridized carbons (Fsp3) is 0.667. The molecule has 0 saturated heterocycles. The third-order valence-electron chi connectivity index (χ3n) is 7.54. The predicted molar refractivity (Wildman–Crippen MR) is 189 cm³/mol. The largest absolute Gasteiger partial charge is 0.296 e. The van der Waals surface area contributed by atoms with Crippen LogP contribution >= 0.6 is 0 Å². The molecule has 0 amide bonds. The number of rotatable bonds is 26. The summed E-state index contributed by atoms with van der Waals surface area (Å²) in [6.07, 6.45) is 24.5. The molecular weight excluding hydrogens is 616 g/mol. The predicted octanol–water partition coefficient (Wildman–Crippen LogP) is 10.2. The summed E-state index contributed by atoms with van der Waals surface area (Å²) >= 11 is 0. The Labute approximate surface area is 299 Å². The quantitative estimate of drug-likeness (QED) is 0.0560. The van der Waals surface area contributed by atoms with E-state index in [9.17, 15) is 16.8 Å². The minimum Gasteiger partial charge on any atom is -0.266 e. The molecule has 0 saturated carbocycles. The van der Waals surface area contributed by atoms with E-state index in [0.29, 0.717) is 0 Å². The molecule has 6 nitrogen and oxygen atoms in total. The third kappa shape index (κ3) is 24.1. The summed E-state index contributed by atoms with van der Waals surface area (Å²) in [5.41, 5.74) is 0. The molecule has 2 aromatic rings. The SMILES string of the molecule is CCCCCCCCCCCCOS(=O)(=O)c1ccccc1.CCCCCCCCCCCCOS(=O)(=O)c1ccccc1.[Na]. The fourth-order valence-electron chi connectivity index (χ4n) is 4.83. The van der Waals surface area contributed by atoms with E-state index in [0.717, 1.165) is 25.7 Å². The zero-order valence-corrected chi connectivity index (χ0v) is 32.2. The van der Waals surface area contributed by atoms with E-state index in [1.165, 1.54) is 103 Å². The topological polar surface area (TPSA) is 86.7 Å². The van der Waals surface area contributed by atoms with Crippen LogP contribution in [-0.4, -0.2) is 59.6 Å². The first kappa shape index (κ1) is 44.3. The van der Waals surface area contributed by atoms with E-state index in [1.807, 2.05) is 0 Å². The Hall–Kier alpha value is -0.740. The first-order chi connectivity index (χ1) is 21.3. The zero-order valence-electron chi connectivity index (χ0n) is 28.6. The van der Waals surface area contributed by atoms with Crippen molar-refractivity contribution >= 4 is 49.8 Å². The Morgan fingerprint density at radius 1 is 0.400 bits per heavy atom. The van der Waals surface area contributed by atoms with E-state index in [4.69, 9.17) is 8.37 Å². The molecule has 0 fully saturated rings. The van der Waals surface area contributed by atoms with Crippen LogP contribution in [0.5, 0.6) is 0 Å². The molecule has 0 aliphatic rings. The molecule has 0 spiro atoms. The van der Waals surface area contributed by atoms with Gasteiger partial charge in [0.1, 0.15) is 0 Å². The second kappa shape index (κ2) is 29.4.